The molecular formula is C23H25FN4OS. The Bertz CT molecular complexity index is 1040. The highest BCUT2D eigenvalue weighted by Crippen LogP contribution is 2.41. The van der Waals surface area contributed by atoms with Crippen LogP contribution in [-0.2, 0) is 0 Å². The van der Waals surface area contributed by atoms with Crippen molar-refractivity contribution in [2.75, 3.05) is 13.2 Å². The highest BCUT2D eigenvalue weighted by atomic mass is 32.1. The molecule has 2 atom stereocenters. The summed E-state index contributed by atoms with van der Waals surface area (Å²) in [5.41, 5.74) is 5.11. The van der Waals surface area contributed by atoms with Crippen LogP contribution in [0.4, 0.5) is 4.39 Å². The highest BCUT2D eigenvalue weighted by molar-refractivity contribution is 7.80. The lowest BCUT2D eigenvalue weighted by Crippen LogP contribution is -2.31. The summed E-state index contributed by atoms with van der Waals surface area (Å²) in [6, 6.07) is 14.4. The van der Waals surface area contributed by atoms with Crippen LogP contribution < -0.4 is 5.32 Å². The zero-order chi connectivity index (χ0) is 21.3. The van der Waals surface area contributed by atoms with Crippen LogP contribution in [-0.4, -0.2) is 37.8 Å². The first-order valence-electron chi connectivity index (χ1n) is 10.0. The van der Waals surface area contributed by atoms with E-state index in [-0.39, 0.29) is 24.5 Å². The molecule has 0 spiro atoms. The number of aromatic nitrogens is 2. The lowest BCUT2D eigenvalue weighted by molar-refractivity contribution is 0.247. The number of halogens is 1. The predicted octanol–water partition coefficient (Wildman–Crippen LogP) is 3.98. The van der Waals surface area contributed by atoms with Gasteiger partial charge in [0.25, 0.3) is 0 Å². The molecule has 1 saturated heterocycles. The van der Waals surface area contributed by atoms with Crippen LogP contribution in [0.5, 0.6) is 0 Å². The van der Waals surface area contributed by atoms with Crippen LogP contribution in [0.3, 0.4) is 0 Å². The molecule has 1 aliphatic rings. The Labute approximate surface area is 181 Å². The van der Waals surface area contributed by atoms with Crippen molar-refractivity contribution in [3.05, 3.63) is 83.2 Å². The summed E-state index contributed by atoms with van der Waals surface area (Å²) in [7, 11) is 0. The minimum Gasteiger partial charge on any atom is -0.396 e. The molecule has 7 heteroatoms. The molecule has 0 amide bonds. The van der Waals surface area contributed by atoms with Crippen LogP contribution in [0.1, 0.15) is 41.1 Å². The summed E-state index contributed by atoms with van der Waals surface area (Å²) >= 11 is 5.66. The summed E-state index contributed by atoms with van der Waals surface area (Å²) < 4.78 is 15.6. The number of hydrogen-bond donors (Lipinski definition) is 2. The van der Waals surface area contributed by atoms with Gasteiger partial charge in [-0.05, 0) is 80.5 Å². The lowest BCUT2D eigenvalue weighted by Gasteiger charge is -2.28. The number of pyridine rings is 1. The monoisotopic (exact) mass is 424 g/mol. The largest absolute Gasteiger partial charge is 0.396 e. The number of aryl methyl sites for hydroxylation is 1. The maximum atomic E-state index is 13.4. The Balaban J connectivity index is 1.81. The van der Waals surface area contributed by atoms with Crippen molar-refractivity contribution in [2.45, 2.75) is 32.4 Å². The number of nitrogens with zero attached hydrogens (tertiary/aromatic N) is 3. The Morgan fingerprint density at radius 1 is 1.17 bits per heavy atom. The van der Waals surface area contributed by atoms with Gasteiger partial charge in [0.2, 0.25) is 0 Å². The molecule has 1 aliphatic heterocycles. The zero-order valence-electron chi connectivity index (χ0n) is 17.0. The molecule has 1 aromatic carbocycles. The fraction of sp³-hybridized carbons (Fsp3) is 0.304. The van der Waals surface area contributed by atoms with E-state index in [1.165, 1.54) is 12.1 Å². The molecular weight excluding hydrogens is 399 g/mol. The Morgan fingerprint density at radius 3 is 2.60 bits per heavy atom. The maximum Gasteiger partial charge on any atom is 0.170 e. The van der Waals surface area contributed by atoms with Gasteiger partial charge in [-0.1, -0.05) is 6.07 Å². The predicted molar refractivity (Wildman–Crippen MR) is 119 cm³/mol. The van der Waals surface area contributed by atoms with E-state index in [2.05, 4.69) is 32.8 Å². The van der Waals surface area contributed by atoms with Crippen molar-refractivity contribution >= 4 is 17.3 Å². The Kier molecular flexibility index (Phi) is 5.83. The number of benzene rings is 1. The summed E-state index contributed by atoms with van der Waals surface area (Å²) in [5.74, 6) is -0.253. The molecule has 156 valence electrons. The van der Waals surface area contributed by atoms with Gasteiger partial charge < -0.3 is 19.9 Å². The number of aliphatic hydroxyl groups excluding tert-OH is 1. The summed E-state index contributed by atoms with van der Waals surface area (Å²) in [6.07, 6.45) is 2.42. The van der Waals surface area contributed by atoms with Gasteiger partial charge >= 0.3 is 0 Å². The average Bonchev–Trinajstić information content (AvgIpc) is 3.23. The van der Waals surface area contributed by atoms with Crippen molar-refractivity contribution < 1.29 is 9.50 Å². The molecule has 0 saturated carbocycles. The van der Waals surface area contributed by atoms with E-state index >= 15 is 0 Å². The second kappa shape index (κ2) is 8.53. The number of thiocarbonyl (C=S) groups is 1. The first kappa shape index (κ1) is 20.5. The smallest absolute Gasteiger partial charge is 0.170 e. The van der Waals surface area contributed by atoms with Gasteiger partial charge in [-0.3, -0.25) is 4.98 Å². The van der Waals surface area contributed by atoms with Crippen LogP contribution >= 0.6 is 12.2 Å². The fourth-order valence-electron chi connectivity index (χ4n) is 4.30. The molecule has 0 unspecified atom stereocenters. The number of rotatable bonds is 6. The van der Waals surface area contributed by atoms with Crippen LogP contribution in [0.25, 0.3) is 5.69 Å². The third-order valence-corrected chi connectivity index (χ3v) is 5.98. The van der Waals surface area contributed by atoms with Gasteiger partial charge in [0.15, 0.2) is 5.11 Å². The lowest BCUT2D eigenvalue weighted by atomic mass is 9.96. The van der Waals surface area contributed by atoms with Crippen molar-refractivity contribution in [1.82, 2.24) is 19.8 Å². The molecule has 30 heavy (non-hydrogen) atoms. The third-order valence-electron chi connectivity index (χ3n) is 5.63. The van der Waals surface area contributed by atoms with Gasteiger partial charge in [0.05, 0.1) is 17.8 Å². The standard InChI is InChI=1S/C23H25FN4OS/c1-15-14-19(16(2)28(15)18-9-7-17(24)8-10-18)22-21(20-6-3-4-11-25-20)26-23(30)27(22)12-5-13-29/h3-4,6-11,14,21-22,29H,5,12-13H2,1-2H3,(H,26,30)/t21-,22+/m1/s1. The van der Waals surface area contributed by atoms with E-state index in [4.69, 9.17) is 12.2 Å². The van der Waals surface area contributed by atoms with E-state index in [9.17, 15) is 9.50 Å². The minimum absolute atomic E-state index is 0.0562. The molecule has 0 radical (unpaired) electrons. The Hall–Kier alpha value is -2.77. The third kappa shape index (κ3) is 3.70. The summed E-state index contributed by atoms with van der Waals surface area (Å²) in [4.78, 5) is 6.71. The van der Waals surface area contributed by atoms with Gasteiger partial charge in [-0.15, -0.1) is 0 Å². The second-order valence-electron chi connectivity index (χ2n) is 7.54. The molecule has 3 heterocycles. The fourth-order valence-corrected chi connectivity index (χ4v) is 4.63. The number of nitrogens with one attached hydrogen (secondary N) is 1. The Morgan fingerprint density at radius 2 is 1.93 bits per heavy atom. The van der Waals surface area contributed by atoms with E-state index in [0.717, 1.165) is 28.3 Å². The topological polar surface area (TPSA) is 53.3 Å². The van der Waals surface area contributed by atoms with Gasteiger partial charge in [0, 0.05) is 36.4 Å². The maximum absolute atomic E-state index is 13.4. The SMILES string of the molecule is Cc1cc([C@H]2[C@@H](c3ccccn3)NC(=S)N2CCCO)c(C)n1-c1ccc(F)cc1. The number of hydrogen-bond acceptors (Lipinski definition) is 3. The van der Waals surface area contributed by atoms with Crippen molar-refractivity contribution in [3.8, 4) is 5.69 Å². The van der Waals surface area contributed by atoms with Crippen molar-refractivity contribution in [3.63, 3.8) is 0 Å². The summed E-state index contributed by atoms with van der Waals surface area (Å²) in [5, 5.41) is 13.5. The molecule has 2 aromatic heterocycles. The van der Waals surface area contributed by atoms with E-state index in [1.54, 1.807) is 18.3 Å². The molecule has 1 fully saturated rings. The number of aliphatic hydroxyl groups is 1. The second-order valence-corrected chi connectivity index (χ2v) is 7.92. The zero-order valence-corrected chi connectivity index (χ0v) is 17.9. The first-order valence-corrected chi connectivity index (χ1v) is 10.5. The van der Waals surface area contributed by atoms with Gasteiger partial charge in [-0.2, -0.15) is 0 Å². The van der Waals surface area contributed by atoms with Gasteiger partial charge in [0.1, 0.15) is 5.82 Å². The molecule has 0 bridgehead atoms. The molecule has 4 rings (SSSR count). The van der Waals surface area contributed by atoms with E-state index in [1.807, 2.05) is 25.1 Å². The van der Waals surface area contributed by atoms with Crippen molar-refractivity contribution in [2.24, 2.45) is 0 Å². The van der Waals surface area contributed by atoms with E-state index < -0.39 is 0 Å². The molecule has 0 aliphatic carbocycles. The van der Waals surface area contributed by atoms with E-state index in [0.29, 0.717) is 18.1 Å². The summed E-state index contributed by atoms with van der Waals surface area (Å²) in [6.45, 7) is 4.88. The average molecular weight is 425 g/mol. The van der Waals surface area contributed by atoms with Crippen LogP contribution in [0.2, 0.25) is 0 Å². The van der Waals surface area contributed by atoms with Crippen molar-refractivity contribution in [1.29, 1.82) is 0 Å². The minimum atomic E-state index is -0.253. The molecule has 3 aromatic rings. The first-order chi connectivity index (χ1) is 14.5. The molecule has 5 nitrogen and oxygen atoms in total. The molecule has 2 N–H and O–H groups in total. The highest BCUT2D eigenvalue weighted by Gasteiger charge is 2.41. The quantitative estimate of drug-likeness (QED) is 0.586. The van der Waals surface area contributed by atoms with Crippen LogP contribution in [0.15, 0.2) is 54.7 Å². The van der Waals surface area contributed by atoms with Gasteiger partial charge in [-0.25, -0.2) is 4.39 Å². The normalized spacial score (nSPS) is 18.7. The van der Waals surface area contributed by atoms with Crippen LogP contribution in [0, 0.1) is 19.7 Å².